The number of hydrogen-bond acceptors (Lipinski definition) is 5. The zero-order valence-corrected chi connectivity index (χ0v) is 12.8. The lowest BCUT2D eigenvalue weighted by Gasteiger charge is -2.27. The molecule has 0 aromatic carbocycles. The zero-order chi connectivity index (χ0) is 16.6. The second kappa shape index (κ2) is 6.15. The largest absolute Gasteiger partial charge is 0.393 e. The smallest absolute Gasteiger partial charge is 0.266 e. The molecule has 0 saturated heterocycles. The van der Waals surface area contributed by atoms with E-state index in [0.717, 1.165) is 5.69 Å². The molecule has 122 valence electrons. The maximum absolute atomic E-state index is 12.5. The van der Waals surface area contributed by atoms with Crippen molar-refractivity contribution < 1.29 is 15.0 Å². The van der Waals surface area contributed by atoms with E-state index < -0.39 is 18.3 Å². The zero-order valence-electron chi connectivity index (χ0n) is 12.1. The lowest BCUT2D eigenvalue weighted by Crippen LogP contribution is -2.38. The predicted molar refractivity (Wildman–Crippen MR) is 81.1 cm³/mol. The van der Waals surface area contributed by atoms with Gasteiger partial charge in [-0.25, -0.2) is 0 Å². The Morgan fingerprint density at radius 1 is 1.43 bits per heavy atom. The molecule has 0 unspecified atom stereocenters. The Hall–Kier alpha value is -2.16. The number of nitrogens with zero attached hydrogens (tertiary/aromatic N) is 3. The summed E-state index contributed by atoms with van der Waals surface area (Å²) in [6.45, 7) is 0.838. The first-order valence-corrected chi connectivity index (χ1v) is 7.40. The van der Waals surface area contributed by atoms with Crippen LogP contribution in [-0.2, 0) is 13.1 Å². The molecule has 1 amide bonds. The van der Waals surface area contributed by atoms with E-state index in [1.807, 2.05) is 0 Å². The summed E-state index contributed by atoms with van der Waals surface area (Å²) in [6, 6.07) is 3.01. The molecule has 1 aliphatic heterocycles. The minimum Gasteiger partial charge on any atom is -0.393 e. The Morgan fingerprint density at radius 3 is 2.91 bits per heavy atom. The van der Waals surface area contributed by atoms with Crippen LogP contribution in [0.4, 0.5) is 0 Å². The molecule has 0 saturated carbocycles. The first kappa shape index (κ1) is 15.7. The number of hydrogen-bond donors (Lipinski definition) is 3. The minimum atomic E-state index is -1.03. The lowest BCUT2D eigenvalue weighted by molar-refractivity contribution is 0.0704. The molecular formula is C14H15ClN4O4. The molecule has 2 aromatic rings. The van der Waals surface area contributed by atoms with Gasteiger partial charge in [-0.05, 0) is 12.1 Å². The summed E-state index contributed by atoms with van der Waals surface area (Å²) >= 11 is 5.75. The van der Waals surface area contributed by atoms with Gasteiger partial charge in [0.1, 0.15) is 11.1 Å². The molecule has 0 aliphatic carbocycles. The molecule has 23 heavy (non-hydrogen) atoms. The number of aliphatic hydroxyl groups excluding tert-OH is 2. The Bertz CT molecular complexity index is 800. The van der Waals surface area contributed by atoms with Gasteiger partial charge in [-0.1, -0.05) is 11.6 Å². The molecule has 8 nitrogen and oxygen atoms in total. The number of aromatic amines is 1. The fourth-order valence-electron chi connectivity index (χ4n) is 2.48. The van der Waals surface area contributed by atoms with Crippen LogP contribution in [0.1, 0.15) is 27.8 Å². The average Bonchev–Trinajstić information content (AvgIpc) is 2.99. The molecule has 1 atom stereocenters. The standard InChI is InChI=1S/C14H15ClN4O4/c15-10-3-8(5-16-13(10)22)14(23)18-1-2-19-9(6-18)4-11(17-19)12(21)7-20/h3-5,12,20-21H,1-2,6-7H2,(H,16,22)/t12-/m1/s1. The van der Waals surface area contributed by atoms with Gasteiger partial charge in [0.2, 0.25) is 0 Å². The molecule has 0 fully saturated rings. The average molecular weight is 339 g/mol. The number of H-pyrrole nitrogens is 1. The van der Waals surface area contributed by atoms with Gasteiger partial charge in [0.15, 0.2) is 0 Å². The van der Waals surface area contributed by atoms with Gasteiger partial charge in [0, 0.05) is 12.7 Å². The number of nitrogens with one attached hydrogen (secondary N) is 1. The van der Waals surface area contributed by atoms with Gasteiger partial charge in [-0.3, -0.25) is 14.3 Å². The van der Waals surface area contributed by atoms with Crippen LogP contribution in [0.15, 0.2) is 23.1 Å². The quantitative estimate of drug-likeness (QED) is 0.724. The molecule has 9 heteroatoms. The summed E-state index contributed by atoms with van der Waals surface area (Å²) in [5.41, 5.74) is 1.01. The summed E-state index contributed by atoms with van der Waals surface area (Å²) < 4.78 is 1.71. The monoisotopic (exact) mass is 338 g/mol. The first-order chi connectivity index (χ1) is 11.0. The third-order valence-corrected chi connectivity index (χ3v) is 4.00. The SMILES string of the molecule is O=C(c1c[nH]c(=O)c(Cl)c1)N1CCn2nc([C@H](O)CO)cc2C1. The molecule has 0 radical (unpaired) electrons. The van der Waals surface area contributed by atoms with Gasteiger partial charge in [0.25, 0.3) is 11.5 Å². The lowest BCUT2D eigenvalue weighted by atomic mass is 10.2. The van der Waals surface area contributed by atoms with Crippen molar-refractivity contribution in [1.29, 1.82) is 0 Å². The van der Waals surface area contributed by atoms with Crippen LogP contribution in [0, 0.1) is 0 Å². The third-order valence-electron chi connectivity index (χ3n) is 3.72. The summed E-state index contributed by atoms with van der Waals surface area (Å²) in [7, 11) is 0. The Morgan fingerprint density at radius 2 is 2.22 bits per heavy atom. The molecule has 3 N–H and O–H groups in total. The van der Waals surface area contributed by atoms with E-state index in [-0.39, 0.29) is 10.9 Å². The Labute approximate surface area is 135 Å². The highest BCUT2D eigenvalue weighted by Crippen LogP contribution is 2.19. The van der Waals surface area contributed by atoms with Crippen molar-refractivity contribution in [1.82, 2.24) is 19.7 Å². The van der Waals surface area contributed by atoms with E-state index >= 15 is 0 Å². The molecule has 3 heterocycles. The molecule has 2 aromatic heterocycles. The van der Waals surface area contributed by atoms with Crippen molar-refractivity contribution >= 4 is 17.5 Å². The highest BCUT2D eigenvalue weighted by atomic mass is 35.5. The number of halogens is 1. The van der Waals surface area contributed by atoms with E-state index in [4.69, 9.17) is 16.7 Å². The van der Waals surface area contributed by atoms with E-state index in [2.05, 4.69) is 10.1 Å². The topological polar surface area (TPSA) is 111 Å². The van der Waals surface area contributed by atoms with Gasteiger partial charge in [-0.15, -0.1) is 0 Å². The van der Waals surface area contributed by atoms with Gasteiger partial charge in [0.05, 0.1) is 36.6 Å². The minimum absolute atomic E-state index is 0.0359. The van der Waals surface area contributed by atoms with Crippen LogP contribution < -0.4 is 5.56 Å². The van der Waals surface area contributed by atoms with E-state index in [9.17, 15) is 14.7 Å². The van der Waals surface area contributed by atoms with E-state index in [1.165, 1.54) is 12.3 Å². The highest BCUT2D eigenvalue weighted by Gasteiger charge is 2.25. The van der Waals surface area contributed by atoms with Crippen LogP contribution in [0.3, 0.4) is 0 Å². The number of fused-ring (bicyclic) bond motifs is 1. The summed E-state index contributed by atoms with van der Waals surface area (Å²) in [4.78, 5) is 27.8. The third kappa shape index (κ3) is 3.00. The highest BCUT2D eigenvalue weighted by molar-refractivity contribution is 6.30. The van der Waals surface area contributed by atoms with Crippen LogP contribution in [0.2, 0.25) is 5.02 Å². The summed E-state index contributed by atoms with van der Waals surface area (Å²) in [5.74, 6) is -0.250. The molecular weight excluding hydrogens is 324 g/mol. The fraction of sp³-hybridized carbons (Fsp3) is 0.357. The van der Waals surface area contributed by atoms with Crippen LogP contribution >= 0.6 is 11.6 Å². The number of aromatic nitrogens is 3. The van der Waals surface area contributed by atoms with Crippen LogP contribution in [0.25, 0.3) is 0 Å². The van der Waals surface area contributed by atoms with Crippen LogP contribution in [0.5, 0.6) is 0 Å². The number of carbonyl (C=O) groups is 1. The number of pyridine rings is 1. The fourth-order valence-corrected chi connectivity index (χ4v) is 2.65. The Balaban J connectivity index is 1.81. The maximum Gasteiger partial charge on any atom is 0.266 e. The molecule has 0 bridgehead atoms. The first-order valence-electron chi connectivity index (χ1n) is 7.02. The van der Waals surface area contributed by atoms with Crippen molar-refractivity contribution in [2.24, 2.45) is 0 Å². The van der Waals surface area contributed by atoms with Crippen molar-refractivity contribution in [2.45, 2.75) is 19.2 Å². The Kier molecular flexibility index (Phi) is 4.20. The second-order valence-electron chi connectivity index (χ2n) is 5.27. The van der Waals surface area contributed by atoms with Gasteiger partial charge >= 0.3 is 0 Å². The molecule has 0 spiro atoms. The number of aliphatic hydroxyl groups is 2. The second-order valence-corrected chi connectivity index (χ2v) is 5.68. The number of amides is 1. The molecule has 3 rings (SSSR count). The predicted octanol–water partition coefficient (Wildman–Crippen LogP) is -0.0935. The number of rotatable bonds is 3. The van der Waals surface area contributed by atoms with E-state index in [0.29, 0.717) is 30.9 Å². The molecule has 1 aliphatic rings. The normalized spacial score (nSPS) is 15.3. The van der Waals surface area contributed by atoms with E-state index in [1.54, 1.807) is 15.6 Å². The van der Waals surface area contributed by atoms with Gasteiger partial charge in [-0.2, -0.15) is 5.10 Å². The van der Waals surface area contributed by atoms with Crippen molar-refractivity contribution in [3.63, 3.8) is 0 Å². The summed E-state index contributed by atoms with van der Waals surface area (Å²) in [5, 5.41) is 22.8. The maximum atomic E-state index is 12.5. The van der Waals surface area contributed by atoms with Crippen molar-refractivity contribution in [2.75, 3.05) is 13.2 Å². The van der Waals surface area contributed by atoms with Crippen molar-refractivity contribution in [3.8, 4) is 0 Å². The van der Waals surface area contributed by atoms with Gasteiger partial charge < -0.3 is 20.1 Å². The van der Waals surface area contributed by atoms with Crippen LogP contribution in [-0.4, -0.2) is 48.9 Å². The number of carbonyl (C=O) groups excluding carboxylic acids is 1. The van der Waals surface area contributed by atoms with Crippen molar-refractivity contribution in [3.05, 3.63) is 50.7 Å². The summed E-state index contributed by atoms with van der Waals surface area (Å²) in [6.07, 6.45) is 0.305.